The van der Waals surface area contributed by atoms with Gasteiger partial charge in [-0.2, -0.15) is 0 Å². The van der Waals surface area contributed by atoms with Crippen molar-refractivity contribution in [2.24, 2.45) is 10.6 Å². The zero-order valence-electron chi connectivity index (χ0n) is 14.7. The average molecular weight is 366 g/mol. The molecule has 1 fully saturated rings. The largest absolute Gasteiger partial charge is 0.396 e. The Morgan fingerprint density at radius 2 is 1.96 bits per heavy atom. The van der Waals surface area contributed by atoms with Gasteiger partial charge in [0.05, 0.1) is 11.5 Å². The van der Waals surface area contributed by atoms with E-state index in [2.05, 4.69) is 6.08 Å². The number of carbonyl (C=O) groups is 1. The number of carbonyl (C=O) groups excluding carboxylic acids is 1. The van der Waals surface area contributed by atoms with E-state index in [-0.39, 0.29) is 22.8 Å². The first kappa shape index (κ1) is 19.6. The Bertz CT molecular complexity index is 752. The van der Waals surface area contributed by atoms with Crippen molar-refractivity contribution in [1.29, 1.82) is 0 Å². The quantitative estimate of drug-likeness (QED) is 0.777. The normalized spacial score (nSPS) is 21.0. The Morgan fingerprint density at radius 1 is 1.32 bits per heavy atom. The van der Waals surface area contributed by atoms with Crippen LogP contribution in [-0.2, 0) is 10.0 Å². The van der Waals surface area contributed by atoms with Crippen LogP contribution in [0.25, 0.3) is 0 Å². The van der Waals surface area contributed by atoms with Crippen molar-refractivity contribution in [3.8, 4) is 0 Å². The Morgan fingerprint density at radius 3 is 2.48 bits per heavy atom. The van der Waals surface area contributed by atoms with Gasteiger partial charge in [0.2, 0.25) is 10.0 Å². The molecule has 138 valence electrons. The molecule has 1 saturated heterocycles. The zero-order valence-corrected chi connectivity index (χ0v) is 15.6. The van der Waals surface area contributed by atoms with Gasteiger partial charge in [0.1, 0.15) is 0 Å². The van der Waals surface area contributed by atoms with Crippen LogP contribution in [0.1, 0.15) is 43.5 Å². The molecule has 6 nitrogen and oxygen atoms in total. The number of allylic oxidation sites excluding steroid dienone is 2. The summed E-state index contributed by atoms with van der Waals surface area (Å²) in [5.41, 5.74) is 1.30. The molecule has 0 spiro atoms. The Labute approximate surface area is 149 Å². The maximum Gasteiger partial charge on any atom is 0.253 e. The number of nitrogens with zero attached hydrogens (tertiary/aromatic N) is 1. The smallest absolute Gasteiger partial charge is 0.253 e. The van der Waals surface area contributed by atoms with Crippen LogP contribution in [-0.4, -0.2) is 44.0 Å². The number of likely N-dealkylation sites (tertiary alicyclic amines) is 1. The summed E-state index contributed by atoms with van der Waals surface area (Å²) in [7, 11) is -3.77. The number of primary sulfonamides is 1. The summed E-state index contributed by atoms with van der Waals surface area (Å²) >= 11 is 0. The number of hydrogen-bond acceptors (Lipinski definition) is 4. The molecule has 1 aliphatic heterocycles. The molecule has 25 heavy (non-hydrogen) atoms. The van der Waals surface area contributed by atoms with Crippen molar-refractivity contribution < 1.29 is 18.3 Å². The highest BCUT2D eigenvalue weighted by Crippen LogP contribution is 2.34. The number of rotatable bonds is 5. The molecule has 1 aromatic rings. The number of hydrogen-bond donors (Lipinski definition) is 2. The van der Waals surface area contributed by atoms with Crippen LogP contribution in [0.3, 0.4) is 0 Å². The summed E-state index contributed by atoms with van der Waals surface area (Å²) in [6, 6.07) is 5.64. The van der Waals surface area contributed by atoms with Crippen LogP contribution in [0.5, 0.6) is 0 Å². The fourth-order valence-electron chi connectivity index (χ4n) is 3.13. The van der Waals surface area contributed by atoms with Crippen molar-refractivity contribution in [3.63, 3.8) is 0 Å². The third-order valence-corrected chi connectivity index (χ3v) is 5.59. The van der Waals surface area contributed by atoms with E-state index in [0.29, 0.717) is 18.7 Å². The lowest BCUT2D eigenvalue weighted by atomic mass is 9.77. The number of aliphatic hydroxyl groups excluding tert-OH is 1. The first-order valence-corrected chi connectivity index (χ1v) is 9.88. The van der Waals surface area contributed by atoms with Crippen molar-refractivity contribution >= 4 is 15.9 Å². The molecule has 0 radical (unpaired) electrons. The van der Waals surface area contributed by atoms with E-state index in [1.807, 2.05) is 13.8 Å². The third-order valence-electron chi connectivity index (χ3n) is 4.66. The summed E-state index contributed by atoms with van der Waals surface area (Å²) in [6.45, 7) is 5.19. The van der Waals surface area contributed by atoms with Gasteiger partial charge in [-0.25, -0.2) is 13.6 Å². The van der Waals surface area contributed by atoms with E-state index in [9.17, 15) is 18.3 Å². The van der Waals surface area contributed by atoms with Gasteiger partial charge in [0.25, 0.3) is 5.91 Å². The highest BCUT2D eigenvalue weighted by atomic mass is 32.2. The van der Waals surface area contributed by atoms with Crippen molar-refractivity contribution in [2.45, 2.75) is 38.0 Å². The number of sulfonamides is 1. The van der Waals surface area contributed by atoms with Crippen molar-refractivity contribution in [3.05, 3.63) is 41.5 Å². The van der Waals surface area contributed by atoms with Gasteiger partial charge < -0.3 is 10.0 Å². The molecule has 1 amide bonds. The van der Waals surface area contributed by atoms with Crippen LogP contribution in [0.4, 0.5) is 0 Å². The number of benzene rings is 1. The molecular formula is C18H26N2O4S. The van der Waals surface area contributed by atoms with E-state index in [1.54, 1.807) is 4.90 Å². The lowest BCUT2D eigenvalue weighted by Gasteiger charge is -2.41. The molecular weight excluding hydrogens is 340 g/mol. The Kier molecular flexibility index (Phi) is 6.03. The lowest BCUT2D eigenvalue weighted by molar-refractivity contribution is 0.0284. The fourth-order valence-corrected chi connectivity index (χ4v) is 3.65. The van der Waals surface area contributed by atoms with Crippen LogP contribution in [0.15, 0.2) is 40.8 Å². The van der Waals surface area contributed by atoms with Crippen molar-refractivity contribution in [2.75, 3.05) is 19.7 Å². The third kappa shape index (κ3) is 4.90. The van der Waals surface area contributed by atoms with E-state index >= 15 is 0 Å². The van der Waals surface area contributed by atoms with Crippen LogP contribution in [0, 0.1) is 5.41 Å². The first-order chi connectivity index (χ1) is 11.7. The van der Waals surface area contributed by atoms with Gasteiger partial charge in [0, 0.05) is 24.1 Å². The molecule has 1 aliphatic rings. The van der Waals surface area contributed by atoms with Crippen LogP contribution < -0.4 is 5.14 Å². The number of piperidine rings is 1. The maximum absolute atomic E-state index is 12.8. The minimum Gasteiger partial charge on any atom is -0.396 e. The standard InChI is InChI=1S/C18H26N2O4S/c1-14(2)8-10-18(13-21)9-3-11-20(12-18)17(22)15-4-6-16(7-5-15)25(19,23)24/h4-8,21H,3,9-13H2,1-2H3,(H2,19,23,24). The molecule has 0 saturated carbocycles. The minimum absolute atomic E-state index is 0.0176. The highest BCUT2D eigenvalue weighted by Gasteiger charge is 2.36. The van der Waals surface area contributed by atoms with E-state index in [0.717, 1.165) is 19.3 Å². The number of nitrogens with two attached hydrogens (primary N) is 1. The Balaban J connectivity index is 2.17. The van der Waals surface area contributed by atoms with E-state index in [1.165, 1.54) is 29.8 Å². The summed E-state index contributed by atoms with van der Waals surface area (Å²) in [5.74, 6) is -0.157. The molecule has 1 atom stereocenters. The molecule has 3 N–H and O–H groups in total. The number of amides is 1. The average Bonchev–Trinajstić information content (AvgIpc) is 2.59. The van der Waals surface area contributed by atoms with Gasteiger partial charge in [-0.05, 0) is 57.4 Å². The van der Waals surface area contributed by atoms with Crippen LogP contribution in [0.2, 0.25) is 0 Å². The fraction of sp³-hybridized carbons (Fsp3) is 0.500. The van der Waals surface area contributed by atoms with Crippen molar-refractivity contribution in [1.82, 2.24) is 4.90 Å². The zero-order chi connectivity index (χ0) is 18.7. The van der Waals surface area contributed by atoms with Gasteiger partial charge in [-0.15, -0.1) is 0 Å². The molecule has 1 aromatic carbocycles. The second-order valence-electron chi connectivity index (χ2n) is 7.04. The van der Waals surface area contributed by atoms with E-state index < -0.39 is 10.0 Å². The molecule has 2 rings (SSSR count). The SMILES string of the molecule is CC(C)=CCC1(CO)CCCN(C(=O)c2ccc(S(N)(=O)=O)cc2)C1. The first-order valence-electron chi connectivity index (χ1n) is 8.33. The second kappa shape index (κ2) is 7.68. The minimum atomic E-state index is -3.77. The predicted molar refractivity (Wildman–Crippen MR) is 96.5 cm³/mol. The molecule has 1 heterocycles. The highest BCUT2D eigenvalue weighted by molar-refractivity contribution is 7.89. The maximum atomic E-state index is 12.8. The van der Waals surface area contributed by atoms with Gasteiger partial charge >= 0.3 is 0 Å². The van der Waals surface area contributed by atoms with Gasteiger partial charge in [0.15, 0.2) is 0 Å². The second-order valence-corrected chi connectivity index (χ2v) is 8.60. The van der Waals surface area contributed by atoms with Crippen LogP contribution >= 0.6 is 0 Å². The van der Waals surface area contributed by atoms with Gasteiger partial charge in [-0.3, -0.25) is 4.79 Å². The summed E-state index contributed by atoms with van der Waals surface area (Å²) in [6.07, 6.45) is 4.55. The molecule has 0 aromatic heterocycles. The van der Waals surface area contributed by atoms with E-state index in [4.69, 9.17) is 5.14 Å². The molecule has 0 aliphatic carbocycles. The van der Waals surface area contributed by atoms with Gasteiger partial charge in [-0.1, -0.05) is 11.6 Å². The Hall–Kier alpha value is -1.70. The number of aliphatic hydroxyl groups is 1. The monoisotopic (exact) mass is 366 g/mol. The summed E-state index contributed by atoms with van der Waals surface area (Å²) in [5, 5.41) is 15.0. The topological polar surface area (TPSA) is 101 Å². The predicted octanol–water partition coefficient (Wildman–Crippen LogP) is 1.91. The summed E-state index contributed by atoms with van der Waals surface area (Å²) in [4.78, 5) is 14.5. The summed E-state index contributed by atoms with van der Waals surface area (Å²) < 4.78 is 22.6. The lowest BCUT2D eigenvalue weighted by Crippen LogP contribution is -2.47. The molecule has 7 heteroatoms. The molecule has 0 bridgehead atoms. The molecule has 1 unspecified atom stereocenters.